The molecule has 1 unspecified atom stereocenters. The highest BCUT2D eigenvalue weighted by molar-refractivity contribution is 7.89. The predicted molar refractivity (Wildman–Crippen MR) is 112 cm³/mol. The van der Waals surface area contributed by atoms with Crippen LogP contribution < -0.4 is 5.32 Å². The standard InChI is InChI=1S/C20H25N3O3S.ClH/c24-20(19-7-3-4-10-21-19)22-11-13-23(14-12-22)27(25,26)18-9-8-16-5-1-2-6-17(16)15-18;/h1-2,5-6,8-9,15,19,21H,3-4,7,10-14H2;1H. The van der Waals surface area contributed by atoms with E-state index in [9.17, 15) is 13.2 Å². The first kappa shape index (κ1) is 21.0. The lowest BCUT2D eigenvalue weighted by Crippen LogP contribution is -2.55. The number of sulfonamides is 1. The van der Waals surface area contributed by atoms with Crippen molar-refractivity contribution in [1.82, 2.24) is 14.5 Å². The second-order valence-corrected chi connectivity index (χ2v) is 9.18. The lowest BCUT2D eigenvalue weighted by atomic mass is 10.0. The van der Waals surface area contributed by atoms with Crippen molar-refractivity contribution in [2.75, 3.05) is 32.7 Å². The first-order valence-corrected chi connectivity index (χ1v) is 11.0. The van der Waals surface area contributed by atoms with Crippen molar-refractivity contribution in [3.05, 3.63) is 42.5 Å². The average molecular weight is 424 g/mol. The Labute approximate surface area is 172 Å². The van der Waals surface area contributed by atoms with Gasteiger partial charge in [-0.25, -0.2) is 8.42 Å². The molecule has 2 heterocycles. The predicted octanol–water partition coefficient (Wildman–Crippen LogP) is 2.24. The zero-order valence-corrected chi connectivity index (χ0v) is 17.3. The molecule has 2 saturated heterocycles. The van der Waals surface area contributed by atoms with Crippen LogP contribution in [0.3, 0.4) is 0 Å². The van der Waals surface area contributed by atoms with Gasteiger partial charge >= 0.3 is 0 Å². The molecule has 1 N–H and O–H groups in total. The number of nitrogens with zero attached hydrogens (tertiary/aromatic N) is 2. The zero-order chi connectivity index (χ0) is 18.9. The molecular weight excluding hydrogens is 398 g/mol. The zero-order valence-electron chi connectivity index (χ0n) is 15.7. The number of halogens is 1. The summed E-state index contributed by atoms with van der Waals surface area (Å²) in [6, 6.07) is 12.9. The van der Waals surface area contributed by atoms with Crippen molar-refractivity contribution in [2.45, 2.75) is 30.2 Å². The molecule has 0 radical (unpaired) electrons. The van der Waals surface area contributed by atoms with Gasteiger partial charge in [0.25, 0.3) is 0 Å². The van der Waals surface area contributed by atoms with Crippen LogP contribution in [0, 0.1) is 0 Å². The quantitative estimate of drug-likeness (QED) is 0.821. The van der Waals surface area contributed by atoms with Gasteiger partial charge in [0.05, 0.1) is 10.9 Å². The first-order chi connectivity index (χ1) is 13.1. The molecule has 0 bridgehead atoms. The van der Waals surface area contributed by atoms with Crippen LogP contribution >= 0.6 is 12.4 Å². The number of piperidine rings is 1. The SMILES string of the molecule is Cl.O=C(C1CCCCN1)N1CCN(S(=O)(=O)c2ccc3ccccc3c2)CC1. The summed E-state index contributed by atoms with van der Waals surface area (Å²) in [5.74, 6) is 0.109. The van der Waals surface area contributed by atoms with Gasteiger partial charge in [-0.05, 0) is 42.3 Å². The summed E-state index contributed by atoms with van der Waals surface area (Å²) in [5, 5.41) is 5.21. The Morgan fingerprint density at radius 1 is 0.964 bits per heavy atom. The van der Waals surface area contributed by atoms with Crippen molar-refractivity contribution < 1.29 is 13.2 Å². The van der Waals surface area contributed by atoms with Crippen molar-refractivity contribution in [2.24, 2.45) is 0 Å². The van der Waals surface area contributed by atoms with E-state index in [1.54, 1.807) is 17.0 Å². The van der Waals surface area contributed by atoms with Gasteiger partial charge in [0, 0.05) is 26.2 Å². The average Bonchev–Trinajstić information content (AvgIpc) is 2.73. The summed E-state index contributed by atoms with van der Waals surface area (Å²) in [5.41, 5.74) is 0. The first-order valence-electron chi connectivity index (χ1n) is 9.57. The van der Waals surface area contributed by atoms with Gasteiger partial charge in [-0.3, -0.25) is 4.79 Å². The van der Waals surface area contributed by atoms with Crippen LogP contribution in [-0.4, -0.2) is 62.3 Å². The summed E-state index contributed by atoms with van der Waals surface area (Å²) in [6.07, 6.45) is 3.05. The van der Waals surface area contributed by atoms with Gasteiger partial charge in [-0.1, -0.05) is 36.8 Å². The fourth-order valence-electron chi connectivity index (χ4n) is 3.91. The molecule has 0 aliphatic carbocycles. The minimum atomic E-state index is -3.55. The maximum absolute atomic E-state index is 13.0. The van der Waals surface area contributed by atoms with E-state index < -0.39 is 10.0 Å². The van der Waals surface area contributed by atoms with Crippen molar-refractivity contribution >= 4 is 39.1 Å². The number of nitrogens with one attached hydrogen (secondary N) is 1. The molecule has 6 nitrogen and oxygen atoms in total. The van der Waals surface area contributed by atoms with Crippen molar-refractivity contribution in [1.29, 1.82) is 0 Å². The van der Waals surface area contributed by atoms with Crippen LogP contribution in [0.15, 0.2) is 47.4 Å². The lowest BCUT2D eigenvalue weighted by Gasteiger charge is -2.36. The van der Waals surface area contributed by atoms with E-state index in [1.807, 2.05) is 30.3 Å². The van der Waals surface area contributed by atoms with Gasteiger partial charge in [-0.15, -0.1) is 12.4 Å². The third-order valence-corrected chi connectivity index (χ3v) is 7.41. The van der Waals surface area contributed by atoms with E-state index in [-0.39, 0.29) is 24.4 Å². The number of rotatable bonds is 3. The number of amides is 1. The molecule has 0 spiro atoms. The number of hydrogen-bond donors (Lipinski definition) is 1. The Morgan fingerprint density at radius 3 is 2.36 bits per heavy atom. The highest BCUT2D eigenvalue weighted by Crippen LogP contribution is 2.23. The molecule has 0 saturated carbocycles. The number of carbonyl (C=O) groups is 1. The second kappa shape index (κ2) is 8.78. The molecule has 2 aromatic carbocycles. The number of fused-ring (bicyclic) bond motifs is 1. The largest absolute Gasteiger partial charge is 0.339 e. The Balaban J connectivity index is 0.00000225. The summed E-state index contributed by atoms with van der Waals surface area (Å²) < 4.78 is 27.5. The minimum Gasteiger partial charge on any atom is -0.339 e. The number of hydrogen-bond acceptors (Lipinski definition) is 4. The molecule has 28 heavy (non-hydrogen) atoms. The topological polar surface area (TPSA) is 69.7 Å². The molecule has 152 valence electrons. The van der Waals surface area contributed by atoms with Crippen LogP contribution in [-0.2, 0) is 14.8 Å². The normalized spacial score (nSPS) is 21.3. The highest BCUT2D eigenvalue weighted by Gasteiger charge is 2.32. The molecule has 2 aliphatic heterocycles. The molecular formula is C20H26ClN3O3S. The Hall–Kier alpha value is -1.67. The molecule has 0 aromatic heterocycles. The third kappa shape index (κ3) is 4.17. The Kier molecular flexibility index (Phi) is 6.60. The smallest absolute Gasteiger partial charge is 0.243 e. The van der Waals surface area contributed by atoms with Gasteiger partial charge in [0.2, 0.25) is 15.9 Å². The van der Waals surface area contributed by atoms with E-state index in [0.717, 1.165) is 36.6 Å². The molecule has 2 fully saturated rings. The molecule has 4 rings (SSSR count). The Morgan fingerprint density at radius 2 is 1.68 bits per heavy atom. The van der Waals surface area contributed by atoms with E-state index in [0.29, 0.717) is 31.1 Å². The summed E-state index contributed by atoms with van der Waals surface area (Å²) >= 11 is 0. The Bertz CT molecular complexity index is 937. The monoisotopic (exact) mass is 423 g/mol. The number of benzene rings is 2. The molecule has 8 heteroatoms. The summed E-state index contributed by atoms with van der Waals surface area (Å²) in [7, 11) is -3.55. The minimum absolute atomic E-state index is 0. The van der Waals surface area contributed by atoms with Gasteiger partial charge in [-0.2, -0.15) is 4.31 Å². The molecule has 1 atom stereocenters. The number of piperazine rings is 1. The molecule has 1 amide bonds. The van der Waals surface area contributed by atoms with E-state index in [4.69, 9.17) is 0 Å². The lowest BCUT2D eigenvalue weighted by molar-refractivity contribution is -0.135. The van der Waals surface area contributed by atoms with Crippen molar-refractivity contribution in [3.8, 4) is 0 Å². The van der Waals surface area contributed by atoms with Crippen LogP contribution in [0.4, 0.5) is 0 Å². The van der Waals surface area contributed by atoms with E-state index in [1.165, 1.54) is 4.31 Å². The van der Waals surface area contributed by atoms with Crippen LogP contribution in [0.5, 0.6) is 0 Å². The third-order valence-electron chi connectivity index (χ3n) is 5.52. The van der Waals surface area contributed by atoms with Gasteiger partial charge in [0.1, 0.15) is 0 Å². The van der Waals surface area contributed by atoms with Gasteiger partial charge in [0.15, 0.2) is 0 Å². The van der Waals surface area contributed by atoms with Crippen LogP contribution in [0.2, 0.25) is 0 Å². The fraction of sp³-hybridized carbons (Fsp3) is 0.450. The highest BCUT2D eigenvalue weighted by atomic mass is 35.5. The second-order valence-electron chi connectivity index (χ2n) is 7.24. The van der Waals surface area contributed by atoms with Crippen LogP contribution in [0.1, 0.15) is 19.3 Å². The summed E-state index contributed by atoms with van der Waals surface area (Å²) in [6.45, 7) is 2.46. The maximum Gasteiger partial charge on any atom is 0.243 e. The molecule has 2 aliphatic rings. The number of carbonyl (C=O) groups excluding carboxylic acids is 1. The fourth-order valence-corrected chi connectivity index (χ4v) is 5.37. The maximum atomic E-state index is 13.0. The van der Waals surface area contributed by atoms with E-state index in [2.05, 4.69) is 5.32 Å². The van der Waals surface area contributed by atoms with Crippen LogP contribution in [0.25, 0.3) is 10.8 Å². The van der Waals surface area contributed by atoms with Crippen molar-refractivity contribution in [3.63, 3.8) is 0 Å². The molecule has 2 aromatic rings. The van der Waals surface area contributed by atoms with Gasteiger partial charge < -0.3 is 10.2 Å². The summed E-state index contributed by atoms with van der Waals surface area (Å²) in [4.78, 5) is 14.7. The van der Waals surface area contributed by atoms with E-state index >= 15 is 0 Å².